The van der Waals surface area contributed by atoms with E-state index in [2.05, 4.69) is 0 Å². The minimum Gasteiger partial charge on any atom is -0.870 e. The van der Waals surface area contributed by atoms with Crippen molar-refractivity contribution in [2.45, 2.75) is 0 Å². The van der Waals surface area contributed by atoms with Crippen LogP contribution in [0.4, 0.5) is 0 Å². The van der Waals surface area contributed by atoms with Crippen LogP contribution >= 0.6 is 0 Å². The molecular weight excluding hydrogens is 595 g/mol. The van der Waals surface area contributed by atoms with E-state index in [1.54, 1.807) is 43.9 Å². The maximum Gasteiger partial charge on any atom is 6.00 e. The van der Waals surface area contributed by atoms with E-state index in [0.717, 1.165) is 22.1 Å². The summed E-state index contributed by atoms with van der Waals surface area (Å²) in [6.45, 7) is 28.5. The van der Waals surface area contributed by atoms with Crippen LogP contribution in [-0.2, 0) is 45.3 Å². The molecule has 0 aliphatic heterocycles. The van der Waals surface area contributed by atoms with E-state index < -0.39 is 0 Å². The van der Waals surface area contributed by atoms with Crippen LogP contribution in [0.2, 0.25) is 0 Å². The average Bonchev–Trinajstić information content (AvgIpc) is 3.01. The van der Waals surface area contributed by atoms with Crippen LogP contribution in [-0.4, -0.2) is 19.2 Å². The molecule has 0 bridgehead atoms. The molecule has 0 aliphatic carbocycles. The van der Waals surface area contributed by atoms with Gasteiger partial charge in [0.2, 0.25) is 5.52 Å². The number of aromatic nitrogens is 4. The van der Waals surface area contributed by atoms with Crippen LogP contribution in [0.5, 0.6) is 0 Å². The minimum atomic E-state index is -0.0730. The van der Waals surface area contributed by atoms with E-state index in [-0.39, 0.29) is 68.8 Å². The fourth-order valence-corrected chi connectivity index (χ4v) is 2.98. The Hall–Kier alpha value is -5.06. The molecule has 0 amide bonds. The zero-order chi connectivity index (χ0) is 31.7. The number of hydrogen-bond acceptors (Lipinski definition) is 10. The first-order valence-electron chi connectivity index (χ1n) is 9.75. The Morgan fingerprint density at radius 2 is 0.833 bits per heavy atom. The van der Waals surface area contributed by atoms with E-state index in [0.29, 0.717) is 0 Å². The molecule has 0 saturated heterocycles. The first-order chi connectivity index (χ1) is 18.8. The summed E-state index contributed by atoms with van der Waals surface area (Å²) in [6.07, 6.45) is 1.97. The van der Waals surface area contributed by atoms with Crippen molar-refractivity contribution in [3.63, 3.8) is 0 Å². The Kier molecular flexibility index (Phi) is 40.7. The monoisotopic (exact) mass is 617 g/mol. The summed E-state index contributed by atoms with van der Waals surface area (Å²) >= 11 is 0. The van der Waals surface area contributed by atoms with Gasteiger partial charge in [0.25, 0.3) is 16.7 Å². The molecular formula is C26H22FeN10NaO4+. The average molecular weight is 617 g/mol. The molecule has 208 valence electrons. The Bertz CT molecular complexity index is 1530. The van der Waals surface area contributed by atoms with Gasteiger partial charge in [0.05, 0.1) is 11.0 Å². The predicted molar refractivity (Wildman–Crippen MR) is 137 cm³/mol. The Labute approximate surface area is 276 Å². The molecule has 42 heavy (non-hydrogen) atoms. The summed E-state index contributed by atoms with van der Waals surface area (Å²) in [5.41, 5.74) is 3.42. The van der Waals surface area contributed by atoms with Gasteiger partial charge in [0.1, 0.15) is 12.6 Å². The van der Waals surface area contributed by atoms with Gasteiger partial charge in [-0.2, -0.15) is 4.57 Å². The number of fused-ring (bicyclic) bond motifs is 2. The van der Waals surface area contributed by atoms with Crippen molar-refractivity contribution in [3.05, 3.63) is 125 Å². The molecule has 0 radical (unpaired) electrons. The summed E-state index contributed by atoms with van der Waals surface area (Å²) in [5, 5.41) is 37.5. The number of hydrogen-bond donors (Lipinski definition) is 0. The molecule has 16 heteroatoms. The normalized spacial score (nSPS) is 7.14. The molecule has 0 aliphatic rings. The topological polar surface area (TPSA) is 243 Å². The Morgan fingerprint density at radius 1 is 0.548 bits per heavy atom. The fourth-order valence-electron chi connectivity index (χ4n) is 2.98. The molecule has 0 fully saturated rings. The minimum absolute atomic E-state index is 0. The van der Waals surface area contributed by atoms with Crippen molar-refractivity contribution < 1.29 is 56.7 Å². The quantitative estimate of drug-likeness (QED) is 0.119. The Balaban J connectivity index is -0.0000000818. The van der Waals surface area contributed by atoms with Crippen molar-refractivity contribution in [1.82, 2.24) is 13.7 Å². The third kappa shape index (κ3) is 14.9. The van der Waals surface area contributed by atoms with Gasteiger partial charge in [-0.05, 0) is 18.2 Å². The van der Waals surface area contributed by atoms with Crippen molar-refractivity contribution in [3.8, 4) is 0 Å². The van der Waals surface area contributed by atoms with Gasteiger partial charge in [-0.1, -0.05) is 0 Å². The van der Waals surface area contributed by atoms with Gasteiger partial charge < -0.3 is 90.2 Å². The molecule has 0 aromatic carbocycles. The second-order valence-electron chi connectivity index (χ2n) is 6.35. The van der Waals surface area contributed by atoms with Gasteiger partial charge in [0, 0.05) is 51.5 Å². The zero-order valence-electron chi connectivity index (χ0n) is 23.2. The first kappa shape index (κ1) is 53.2. The smallest absolute Gasteiger partial charge is 0.870 e. The van der Waals surface area contributed by atoms with Crippen molar-refractivity contribution in [2.75, 3.05) is 0 Å². The second kappa shape index (κ2) is 32.2. The fraction of sp³-hybridized carbons (Fsp3) is 0.154. The molecule has 0 spiro atoms. The third-order valence-electron chi connectivity index (χ3n) is 4.70. The summed E-state index contributed by atoms with van der Waals surface area (Å²) < 4.78 is 6.69. The van der Waals surface area contributed by atoms with Crippen LogP contribution in [0.1, 0.15) is 0 Å². The van der Waals surface area contributed by atoms with Crippen molar-refractivity contribution in [2.24, 2.45) is 28.2 Å². The van der Waals surface area contributed by atoms with Gasteiger partial charge in [-0.3, -0.25) is 14.4 Å². The van der Waals surface area contributed by atoms with Gasteiger partial charge in [0.15, 0.2) is 6.20 Å². The zero-order valence-corrected chi connectivity index (χ0v) is 26.3. The van der Waals surface area contributed by atoms with E-state index in [1.807, 2.05) is 36.0 Å². The van der Waals surface area contributed by atoms with Crippen LogP contribution in [0.3, 0.4) is 0 Å². The Morgan fingerprint density at radius 3 is 1.17 bits per heavy atom. The van der Waals surface area contributed by atoms with Crippen LogP contribution in [0, 0.1) is 71.0 Å². The largest absolute Gasteiger partial charge is 6.00 e. The number of aryl methyl sites for hydroxylation is 4. The third-order valence-corrected chi connectivity index (χ3v) is 4.70. The van der Waals surface area contributed by atoms with Crippen LogP contribution in [0.15, 0.2) is 69.1 Å². The summed E-state index contributed by atoms with van der Waals surface area (Å²) in [7, 11) is 7.13. The maximum absolute atomic E-state index is 11.3. The molecule has 0 unspecified atom stereocenters. The van der Waals surface area contributed by atoms with Crippen molar-refractivity contribution >= 4 is 22.1 Å². The molecule has 4 heterocycles. The van der Waals surface area contributed by atoms with Crippen LogP contribution < -0.4 is 50.8 Å². The number of nitrogens with zero attached hydrogens (tertiary/aromatic N) is 10. The molecule has 0 saturated carbocycles. The first-order valence-corrected chi connectivity index (χ1v) is 9.75. The number of rotatable bonds is 0. The SMILES string of the molecule is Cn1c(=O)ccc2c1ccc(=O)n2C.Cn1c(=O)ccc2c1ccc[n+]2C.[C-]#N.[C-]#N.[C-]#N.[C-]#N.[C-]#N.[C-]#N.[Fe+6].[Na+].[OH-]. The van der Waals surface area contributed by atoms with E-state index in [9.17, 15) is 14.4 Å². The number of pyridine rings is 4. The predicted octanol–water partition coefficient (Wildman–Crippen LogP) is -2.00. The van der Waals surface area contributed by atoms with E-state index >= 15 is 0 Å². The maximum atomic E-state index is 11.3. The van der Waals surface area contributed by atoms with Gasteiger partial charge in [-0.25, -0.2) is 0 Å². The molecule has 4 rings (SSSR count). The second-order valence-corrected chi connectivity index (χ2v) is 6.35. The standard InChI is InChI=1S/C10H10N2O2.C10H11N2O.6CN.Fe.Na.H2O/c1-11-7-3-6-10(14)12(2)8(7)4-5-9(11)13;1-11-7-3-4-9-8(11)5-6-10(13)12(9)2;6*1-2;;;/h3-6H,1-2H3;3-7H,1-2H3;;;;;;;;;1H2/q;+1;6*-1;+6;+1;/p-1. The van der Waals surface area contributed by atoms with E-state index in [4.69, 9.17) is 71.0 Å². The van der Waals surface area contributed by atoms with Gasteiger partial charge in [-0.15, -0.1) is 0 Å². The molecule has 14 nitrogen and oxygen atoms in total. The summed E-state index contributed by atoms with van der Waals surface area (Å²) in [6, 6.07) is 13.6. The molecule has 1 N–H and O–H groups in total. The molecule has 4 aromatic rings. The molecule has 4 aromatic heterocycles. The van der Waals surface area contributed by atoms with Crippen molar-refractivity contribution in [1.29, 1.82) is 31.6 Å². The van der Waals surface area contributed by atoms with E-state index in [1.165, 1.54) is 21.3 Å². The van der Waals surface area contributed by atoms with Gasteiger partial charge >= 0.3 is 46.6 Å². The summed E-state index contributed by atoms with van der Waals surface area (Å²) in [4.78, 5) is 33.9. The molecule has 0 atom stereocenters. The van der Waals surface area contributed by atoms with Crippen LogP contribution in [0.25, 0.3) is 22.1 Å². The summed E-state index contributed by atoms with van der Waals surface area (Å²) in [5.74, 6) is 0.